The third kappa shape index (κ3) is 2.60. The number of nitrogens with zero attached hydrogens (tertiary/aromatic N) is 1. The summed E-state index contributed by atoms with van der Waals surface area (Å²) in [4.78, 5) is 4.10. The number of pyridine rings is 1. The highest BCUT2D eigenvalue weighted by Crippen LogP contribution is 2.40. The number of aliphatic hydroxyl groups is 1. The summed E-state index contributed by atoms with van der Waals surface area (Å²) < 4.78 is 0. The van der Waals surface area contributed by atoms with Gasteiger partial charge in [-0.25, -0.2) is 0 Å². The minimum absolute atomic E-state index is 0.664. The van der Waals surface area contributed by atoms with Crippen molar-refractivity contribution in [1.82, 2.24) is 4.98 Å². The molecule has 17 heavy (non-hydrogen) atoms. The molecule has 1 aliphatic carbocycles. The van der Waals surface area contributed by atoms with Gasteiger partial charge < -0.3 is 10.8 Å². The molecule has 3 nitrogen and oxygen atoms in total. The molecule has 0 bridgehead atoms. The summed E-state index contributed by atoms with van der Waals surface area (Å²) in [7, 11) is 0. The summed E-state index contributed by atoms with van der Waals surface area (Å²) >= 11 is 0. The smallest absolute Gasteiger partial charge is 0.0931 e. The van der Waals surface area contributed by atoms with Crippen LogP contribution in [0.1, 0.15) is 51.0 Å². The zero-order valence-electron chi connectivity index (χ0n) is 10.5. The predicted octanol–water partition coefficient (Wildman–Crippen LogP) is 2.84. The standard InChI is InChI=1S/C14H22N2O/c1-2-11-4-3-7-14(17,8-5-11)12-10-16-9-6-13(12)15/h6,9-11,17H,2-5,7-8H2,1H3,(H2,15,16). The summed E-state index contributed by atoms with van der Waals surface area (Å²) in [5.74, 6) is 0.752. The maximum Gasteiger partial charge on any atom is 0.0931 e. The van der Waals surface area contributed by atoms with Crippen molar-refractivity contribution in [2.45, 2.75) is 51.0 Å². The van der Waals surface area contributed by atoms with Crippen molar-refractivity contribution in [3.8, 4) is 0 Å². The van der Waals surface area contributed by atoms with E-state index in [-0.39, 0.29) is 0 Å². The van der Waals surface area contributed by atoms with Gasteiger partial charge in [0.15, 0.2) is 0 Å². The van der Waals surface area contributed by atoms with Crippen molar-refractivity contribution in [2.75, 3.05) is 5.73 Å². The van der Waals surface area contributed by atoms with Gasteiger partial charge in [-0.1, -0.05) is 19.8 Å². The molecule has 0 amide bonds. The van der Waals surface area contributed by atoms with Crippen molar-refractivity contribution < 1.29 is 5.11 Å². The van der Waals surface area contributed by atoms with Crippen molar-refractivity contribution in [3.63, 3.8) is 0 Å². The first kappa shape index (κ1) is 12.4. The van der Waals surface area contributed by atoms with E-state index < -0.39 is 5.60 Å². The average Bonchev–Trinajstić information content (AvgIpc) is 2.52. The Kier molecular flexibility index (Phi) is 3.67. The number of anilines is 1. The SMILES string of the molecule is CCC1CCCC(O)(c2cnccc2N)CC1. The van der Waals surface area contributed by atoms with Gasteiger partial charge in [0.25, 0.3) is 0 Å². The van der Waals surface area contributed by atoms with E-state index in [1.165, 1.54) is 12.8 Å². The van der Waals surface area contributed by atoms with Gasteiger partial charge in [0, 0.05) is 23.6 Å². The summed E-state index contributed by atoms with van der Waals surface area (Å²) in [6.07, 6.45) is 9.60. The molecule has 1 heterocycles. The molecule has 1 aromatic rings. The molecule has 2 atom stereocenters. The fourth-order valence-corrected chi connectivity index (χ4v) is 2.87. The third-order valence-electron chi connectivity index (χ3n) is 4.10. The molecule has 94 valence electrons. The van der Waals surface area contributed by atoms with Crippen LogP contribution < -0.4 is 5.73 Å². The number of hydrogen-bond donors (Lipinski definition) is 2. The second kappa shape index (κ2) is 5.05. The Labute approximate surface area is 103 Å². The number of nitrogens with two attached hydrogens (primary N) is 1. The third-order valence-corrected chi connectivity index (χ3v) is 4.10. The van der Waals surface area contributed by atoms with E-state index in [2.05, 4.69) is 11.9 Å². The van der Waals surface area contributed by atoms with Crippen LogP contribution in [0.3, 0.4) is 0 Å². The van der Waals surface area contributed by atoms with Crippen LogP contribution in [-0.2, 0) is 5.60 Å². The highest BCUT2D eigenvalue weighted by Gasteiger charge is 2.33. The summed E-state index contributed by atoms with van der Waals surface area (Å²) in [6, 6.07) is 1.77. The fourth-order valence-electron chi connectivity index (χ4n) is 2.87. The lowest BCUT2D eigenvalue weighted by Gasteiger charge is -2.28. The maximum atomic E-state index is 10.8. The molecule has 1 fully saturated rings. The Balaban J connectivity index is 2.21. The number of aromatic nitrogens is 1. The van der Waals surface area contributed by atoms with Crippen LogP contribution >= 0.6 is 0 Å². The predicted molar refractivity (Wildman–Crippen MR) is 69.4 cm³/mol. The first-order valence-electron chi connectivity index (χ1n) is 6.58. The van der Waals surface area contributed by atoms with Gasteiger partial charge in [0.05, 0.1) is 5.60 Å². The first-order chi connectivity index (χ1) is 8.15. The average molecular weight is 234 g/mol. The van der Waals surface area contributed by atoms with Crippen molar-refractivity contribution in [1.29, 1.82) is 0 Å². The van der Waals surface area contributed by atoms with E-state index in [0.29, 0.717) is 5.69 Å². The van der Waals surface area contributed by atoms with E-state index in [1.54, 1.807) is 18.5 Å². The van der Waals surface area contributed by atoms with Gasteiger partial charge in [-0.15, -0.1) is 0 Å². The van der Waals surface area contributed by atoms with Crippen LogP contribution in [-0.4, -0.2) is 10.1 Å². The van der Waals surface area contributed by atoms with Crippen LogP contribution in [0.5, 0.6) is 0 Å². The highest BCUT2D eigenvalue weighted by atomic mass is 16.3. The number of nitrogen functional groups attached to an aromatic ring is 1. The maximum absolute atomic E-state index is 10.8. The molecule has 0 radical (unpaired) electrons. The van der Waals surface area contributed by atoms with E-state index >= 15 is 0 Å². The normalized spacial score (nSPS) is 29.9. The lowest BCUT2D eigenvalue weighted by atomic mass is 9.86. The summed E-state index contributed by atoms with van der Waals surface area (Å²) in [5, 5.41) is 10.8. The van der Waals surface area contributed by atoms with Crippen molar-refractivity contribution in [3.05, 3.63) is 24.0 Å². The second-order valence-corrected chi connectivity index (χ2v) is 5.20. The Bertz CT molecular complexity index is 380. The molecule has 0 aromatic carbocycles. The molecule has 3 heteroatoms. The van der Waals surface area contributed by atoms with Gasteiger partial charge in [-0.3, -0.25) is 4.98 Å². The zero-order chi connectivity index (χ0) is 12.3. The monoisotopic (exact) mass is 234 g/mol. The number of rotatable bonds is 2. The van der Waals surface area contributed by atoms with Crippen LogP contribution in [0.15, 0.2) is 18.5 Å². The first-order valence-corrected chi connectivity index (χ1v) is 6.58. The molecular formula is C14H22N2O. The largest absolute Gasteiger partial charge is 0.398 e. The van der Waals surface area contributed by atoms with E-state index in [1.807, 2.05) is 0 Å². The Hall–Kier alpha value is -1.09. The molecule has 0 aliphatic heterocycles. The van der Waals surface area contributed by atoms with Gasteiger partial charge in [-0.2, -0.15) is 0 Å². The quantitative estimate of drug-likeness (QED) is 0.774. The molecule has 0 spiro atoms. The topological polar surface area (TPSA) is 59.1 Å². The second-order valence-electron chi connectivity index (χ2n) is 5.20. The van der Waals surface area contributed by atoms with Gasteiger partial charge in [0.2, 0.25) is 0 Å². The van der Waals surface area contributed by atoms with E-state index in [4.69, 9.17) is 5.73 Å². The minimum Gasteiger partial charge on any atom is -0.398 e. The minimum atomic E-state index is -0.762. The van der Waals surface area contributed by atoms with Crippen molar-refractivity contribution >= 4 is 5.69 Å². The van der Waals surface area contributed by atoms with Crippen LogP contribution in [0.25, 0.3) is 0 Å². The lowest BCUT2D eigenvalue weighted by molar-refractivity contribution is 0.0200. The summed E-state index contributed by atoms with van der Waals surface area (Å²) in [6.45, 7) is 2.23. The molecule has 2 unspecified atom stereocenters. The fraction of sp³-hybridized carbons (Fsp3) is 0.643. The summed E-state index contributed by atoms with van der Waals surface area (Å²) in [5.41, 5.74) is 6.67. The molecule has 1 aromatic heterocycles. The van der Waals surface area contributed by atoms with Crippen LogP contribution in [0.2, 0.25) is 0 Å². The molecule has 1 aliphatic rings. The molecular weight excluding hydrogens is 212 g/mol. The van der Waals surface area contributed by atoms with E-state index in [9.17, 15) is 5.11 Å². The van der Waals surface area contributed by atoms with Crippen LogP contribution in [0.4, 0.5) is 5.69 Å². The molecule has 0 saturated heterocycles. The van der Waals surface area contributed by atoms with Gasteiger partial charge in [-0.05, 0) is 37.7 Å². The molecule has 2 rings (SSSR count). The van der Waals surface area contributed by atoms with Gasteiger partial charge >= 0.3 is 0 Å². The Morgan fingerprint density at radius 2 is 2.29 bits per heavy atom. The van der Waals surface area contributed by atoms with Gasteiger partial charge in [0.1, 0.15) is 0 Å². The Morgan fingerprint density at radius 1 is 1.47 bits per heavy atom. The zero-order valence-corrected chi connectivity index (χ0v) is 10.5. The van der Waals surface area contributed by atoms with Crippen LogP contribution in [0, 0.1) is 5.92 Å². The highest BCUT2D eigenvalue weighted by molar-refractivity contribution is 5.47. The number of hydrogen-bond acceptors (Lipinski definition) is 3. The lowest BCUT2D eigenvalue weighted by Crippen LogP contribution is -2.26. The Morgan fingerprint density at radius 3 is 3.00 bits per heavy atom. The van der Waals surface area contributed by atoms with E-state index in [0.717, 1.165) is 37.2 Å². The molecule has 3 N–H and O–H groups in total. The van der Waals surface area contributed by atoms with Crippen molar-refractivity contribution in [2.24, 2.45) is 5.92 Å². The molecule has 1 saturated carbocycles.